The van der Waals surface area contributed by atoms with Gasteiger partial charge < -0.3 is 14.9 Å². The zero-order valence-electron chi connectivity index (χ0n) is 22.2. The summed E-state index contributed by atoms with van der Waals surface area (Å²) in [7, 11) is 0. The summed E-state index contributed by atoms with van der Waals surface area (Å²) < 4.78 is 46.0. The lowest BCUT2D eigenvalue weighted by Gasteiger charge is -2.08. The summed E-state index contributed by atoms with van der Waals surface area (Å²) >= 11 is 0. The normalized spacial score (nSPS) is 11.7. The molecule has 0 saturated carbocycles. The zero-order chi connectivity index (χ0) is 30.6. The Hall–Kier alpha value is -5.49. The Balaban J connectivity index is 1.50. The Morgan fingerprint density at radius 3 is 2.30 bits per heavy atom. The number of rotatable bonds is 9. The number of aromatic nitrogens is 2. The first-order valence-electron chi connectivity index (χ1n) is 12.8. The number of hydrogen-bond acceptors (Lipinski definition) is 6. The van der Waals surface area contributed by atoms with Gasteiger partial charge >= 0.3 is 12.1 Å². The summed E-state index contributed by atoms with van der Waals surface area (Å²) in [6.45, 7) is 0.100. The number of ether oxygens (including phenoxy) is 1. The molecule has 3 N–H and O–H groups in total. The number of nitrogens with one attached hydrogen (secondary N) is 1. The Labute approximate surface area is 242 Å². The maximum atomic E-state index is 13.4. The van der Waals surface area contributed by atoms with Gasteiger partial charge in [0.05, 0.1) is 35.7 Å². The number of phenols is 1. The lowest BCUT2D eigenvalue weighted by molar-refractivity contribution is -0.137. The molecule has 12 heteroatoms. The van der Waals surface area contributed by atoms with Gasteiger partial charge in [-0.1, -0.05) is 54.6 Å². The summed E-state index contributed by atoms with van der Waals surface area (Å²) in [5.74, 6) is -1.43. The Morgan fingerprint density at radius 1 is 0.884 bits per heavy atom. The molecule has 0 amide bonds. The predicted molar refractivity (Wildman–Crippen MR) is 151 cm³/mol. The number of carbonyl (C=O) groups is 1. The Morgan fingerprint density at radius 2 is 1.60 bits per heavy atom. The van der Waals surface area contributed by atoms with Gasteiger partial charge in [-0.3, -0.25) is 9.89 Å². The molecule has 0 aliphatic carbocycles. The highest BCUT2D eigenvalue weighted by Gasteiger charge is 2.30. The van der Waals surface area contributed by atoms with Crippen molar-refractivity contribution in [2.75, 3.05) is 0 Å². The maximum absolute atomic E-state index is 13.4. The monoisotopic (exact) mass is 588 g/mol. The molecule has 5 rings (SSSR count). The topological polar surface area (TPSA) is 129 Å². The first-order valence-corrected chi connectivity index (χ1v) is 12.8. The van der Waals surface area contributed by atoms with E-state index < -0.39 is 23.3 Å². The molecule has 5 aromatic rings. The lowest BCUT2D eigenvalue weighted by Crippen LogP contribution is -2.14. The fourth-order valence-electron chi connectivity index (χ4n) is 4.27. The second-order valence-corrected chi connectivity index (χ2v) is 9.36. The van der Waals surface area contributed by atoms with E-state index in [1.807, 2.05) is 30.3 Å². The van der Waals surface area contributed by atoms with Gasteiger partial charge in [-0.05, 0) is 53.6 Å². The quantitative estimate of drug-likeness (QED) is 0.155. The van der Waals surface area contributed by atoms with Gasteiger partial charge in [-0.15, -0.1) is 10.2 Å². The van der Waals surface area contributed by atoms with Gasteiger partial charge in [0.1, 0.15) is 5.69 Å². The van der Waals surface area contributed by atoms with Crippen LogP contribution in [0.25, 0.3) is 16.8 Å². The largest absolute Gasteiger partial charge is 0.505 e. The minimum Gasteiger partial charge on any atom is -0.505 e. The van der Waals surface area contributed by atoms with E-state index >= 15 is 0 Å². The molecule has 9 nitrogen and oxygen atoms in total. The fourth-order valence-corrected chi connectivity index (χ4v) is 4.27. The van der Waals surface area contributed by atoms with Gasteiger partial charge in [-0.2, -0.15) is 13.2 Å². The number of para-hydroxylation sites is 1. The van der Waals surface area contributed by atoms with E-state index in [1.165, 1.54) is 24.3 Å². The molecule has 0 radical (unpaired) electrons. The van der Waals surface area contributed by atoms with Crippen molar-refractivity contribution < 1.29 is 32.9 Å². The Kier molecular flexibility index (Phi) is 8.21. The molecular formula is C31H23F3N4O5. The molecule has 0 fully saturated rings. The number of aromatic carboxylic acids is 1. The van der Waals surface area contributed by atoms with E-state index in [-0.39, 0.29) is 47.3 Å². The SMILES string of the molecule is O=C(O)c1cccc(-c2cccc(N=Nc3c(COCc4ccccc4)[nH]n(-c4ccc(C(F)(F)F)cc4)c3=O)c2O)c1. The summed E-state index contributed by atoms with van der Waals surface area (Å²) in [4.78, 5) is 24.8. The minimum atomic E-state index is -4.54. The molecule has 218 valence electrons. The van der Waals surface area contributed by atoms with Crippen molar-refractivity contribution in [1.82, 2.24) is 9.78 Å². The molecule has 4 aromatic carbocycles. The highest BCUT2D eigenvalue weighted by Crippen LogP contribution is 2.38. The van der Waals surface area contributed by atoms with E-state index in [1.54, 1.807) is 18.2 Å². The number of carboxylic acids is 1. The number of hydrogen-bond donors (Lipinski definition) is 3. The van der Waals surface area contributed by atoms with Crippen molar-refractivity contribution in [2.45, 2.75) is 19.4 Å². The van der Waals surface area contributed by atoms with Crippen LogP contribution in [-0.4, -0.2) is 26.0 Å². The van der Waals surface area contributed by atoms with Gasteiger partial charge in [0.15, 0.2) is 11.4 Å². The van der Waals surface area contributed by atoms with Gasteiger partial charge in [0, 0.05) is 5.56 Å². The van der Waals surface area contributed by atoms with Crippen LogP contribution in [0.5, 0.6) is 5.75 Å². The molecule has 0 atom stereocenters. The molecule has 0 bridgehead atoms. The van der Waals surface area contributed by atoms with Gasteiger partial charge in [0.2, 0.25) is 0 Å². The van der Waals surface area contributed by atoms with Crippen LogP contribution in [0, 0.1) is 0 Å². The molecule has 0 aliphatic heterocycles. The molecule has 1 heterocycles. The molecule has 43 heavy (non-hydrogen) atoms. The zero-order valence-corrected chi connectivity index (χ0v) is 22.2. The van der Waals surface area contributed by atoms with Gasteiger partial charge in [0.25, 0.3) is 5.56 Å². The van der Waals surface area contributed by atoms with E-state index in [0.29, 0.717) is 11.1 Å². The van der Waals surface area contributed by atoms with Crippen molar-refractivity contribution in [1.29, 1.82) is 0 Å². The molecule has 0 aliphatic rings. The summed E-state index contributed by atoms with van der Waals surface area (Å²) in [6.07, 6.45) is -4.54. The third kappa shape index (κ3) is 6.54. The second-order valence-electron chi connectivity index (χ2n) is 9.36. The molecule has 0 saturated heterocycles. The van der Waals surface area contributed by atoms with Crippen LogP contribution in [0.4, 0.5) is 24.5 Å². The number of halogens is 3. The average molecular weight is 589 g/mol. The number of phenolic OH excluding ortho intramolecular Hbond substituents is 1. The maximum Gasteiger partial charge on any atom is 0.416 e. The first kappa shape index (κ1) is 29.0. The Bertz CT molecular complexity index is 1850. The number of H-pyrrole nitrogens is 1. The number of aromatic hydroxyl groups is 1. The average Bonchev–Trinajstić information content (AvgIpc) is 3.31. The first-order chi connectivity index (χ1) is 20.6. The fraction of sp³-hybridized carbons (Fsp3) is 0.0968. The van der Waals surface area contributed by atoms with Crippen molar-refractivity contribution >= 4 is 17.3 Å². The summed E-state index contributed by atoms with van der Waals surface area (Å²) in [5, 5.41) is 31.2. The van der Waals surface area contributed by atoms with Crippen LogP contribution < -0.4 is 5.56 Å². The van der Waals surface area contributed by atoms with E-state index in [9.17, 15) is 33.0 Å². The number of carboxylic acid groups (broad SMARTS) is 1. The van der Waals surface area contributed by atoms with Crippen molar-refractivity contribution in [3.05, 3.63) is 130 Å². The van der Waals surface area contributed by atoms with E-state index in [0.717, 1.165) is 34.5 Å². The second kappa shape index (κ2) is 12.2. The molecule has 1 aromatic heterocycles. The number of alkyl halides is 3. The molecular weight excluding hydrogens is 565 g/mol. The summed E-state index contributed by atoms with van der Waals surface area (Å²) in [6, 6.07) is 23.9. The number of benzene rings is 4. The van der Waals surface area contributed by atoms with Crippen LogP contribution in [0.3, 0.4) is 0 Å². The molecule has 0 unspecified atom stereocenters. The van der Waals surface area contributed by atoms with Crippen molar-refractivity contribution in [2.24, 2.45) is 10.2 Å². The highest BCUT2D eigenvalue weighted by atomic mass is 19.4. The smallest absolute Gasteiger partial charge is 0.416 e. The van der Waals surface area contributed by atoms with Crippen LogP contribution in [0.1, 0.15) is 27.2 Å². The summed E-state index contributed by atoms with van der Waals surface area (Å²) in [5.41, 5.74) is 0.211. The number of azo groups is 1. The minimum absolute atomic E-state index is 0.00365. The van der Waals surface area contributed by atoms with Crippen LogP contribution >= 0.6 is 0 Å². The number of nitrogens with zero attached hydrogens (tertiary/aromatic N) is 3. The van der Waals surface area contributed by atoms with Crippen LogP contribution in [0.15, 0.2) is 112 Å². The van der Waals surface area contributed by atoms with Crippen LogP contribution in [-0.2, 0) is 24.1 Å². The lowest BCUT2D eigenvalue weighted by atomic mass is 10.0. The van der Waals surface area contributed by atoms with Crippen LogP contribution in [0.2, 0.25) is 0 Å². The van der Waals surface area contributed by atoms with E-state index in [4.69, 9.17) is 4.74 Å². The van der Waals surface area contributed by atoms with Gasteiger partial charge in [-0.25, -0.2) is 9.48 Å². The van der Waals surface area contributed by atoms with Crippen molar-refractivity contribution in [3.8, 4) is 22.6 Å². The predicted octanol–water partition coefficient (Wildman–Crippen LogP) is 7.39. The van der Waals surface area contributed by atoms with E-state index in [2.05, 4.69) is 15.3 Å². The van der Waals surface area contributed by atoms with Crippen molar-refractivity contribution in [3.63, 3.8) is 0 Å². The molecule has 0 spiro atoms. The highest BCUT2D eigenvalue weighted by molar-refractivity contribution is 5.90. The third-order valence-electron chi connectivity index (χ3n) is 6.44. The third-order valence-corrected chi connectivity index (χ3v) is 6.44. The standard InChI is InChI=1S/C31H23F3N4O5/c32-31(33,34)22-12-14-23(15-13-22)38-29(40)27(26(37-38)18-43-17-19-6-2-1-3-7-19)36-35-25-11-5-10-24(28(25)39)20-8-4-9-21(16-20)30(41)42/h1-16,37,39H,17-18H2,(H,41,42). The number of aromatic amines is 1.